The third kappa shape index (κ3) is 5.20. The van der Waals surface area contributed by atoms with Crippen molar-refractivity contribution in [3.8, 4) is 0 Å². The molecule has 3 aromatic rings. The summed E-state index contributed by atoms with van der Waals surface area (Å²) >= 11 is 6.22. The van der Waals surface area contributed by atoms with E-state index in [0.29, 0.717) is 22.6 Å². The molecule has 7 nitrogen and oxygen atoms in total. The average molecular weight is 439 g/mol. The highest BCUT2D eigenvalue weighted by molar-refractivity contribution is 6.33. The van der Waals surface area contributed by atoms with E-state index < -0.39 is 12.7 Å². The van der Waals surface area contributed by atoms with Gasteiger partial charge in [-0.05, 0) is 19.1 Å². The van der Waals surface area contributed by atoms with Crippen LogP contribution >= 0.6 is 11.6 Å². The van der Waals surface area contributed by atoms with Crippen LogP contribution in [0, 0.1) is 6.92 Å². The van der Waals surface area contributed by atoms with Gasteiger partial charge in [-0.3, -0.25) is 4.79 Å². The zero-order chi connectivity index (χ0) is 21.9. The van der Waals surface area contributed by atoms with E-state index in [4.69, 9.17) is 11.6 Å². The Labute approximate surface area is 175 Å². The molecule has 0 unspecified atom stereocenters. The van der Waals surface area contributed by atoms with Crippen LogP contribution in [0.4, 0.5) is 36.2 Å². The number of carbonyl (C=O) groups excluding carboxylic acids is 1. The van der Waals surface area contributed by atoms with Crippen LogP contribution in [0.2, 0.25) is 5.02 Å². The summed E-state index contributed by atoms with van der Waals surface area (Å²) in [7, 11) is 1.52. The van der Waals surface area contributed by atoms with Gasteiger partial charge in [0.2, 0.25) is 0 Å². The third-order valence-corrected chi connectivity index (χ3v) is 4.31. The molecular formula is C19H18ClF3N6O. The molecule has 0 aliphatic rings. The first-order chi connectivity index (χ1) is 14.2. The fourth-order valence-electron chi connectivity index (χ4n) is 2.74. The molecule has 3 N–H and O–H groups in total. The van der Waals surface area contributed by atoms with Crippen molar-refractivity contribution in [3.05, 3.63) is 58.9 Å². The number of nitrogens with zero attached hydrogens (tertiary/aromatic N) is 3. The summed E-state index contributed by atoms with van der Waals surface area (Å²) in [6.45, 7) is 0.359. The number of halogens is 4. The van der Waals surface area contributed by atoms with Gasteiger partial charge in [0.15, 0.2) is 0 Å². The van der Waals surface area contributed by atoms with Crippen molar-refractivity contribution in [2.75, 3.05) is 17.7 Å². The molecular weight excluding hydrogens is 421 g/mol. The summed E-state index contributed by atoms with van der Waals surface area (Å²) in [5, 5.41) is 12.6. The first-order valence-electron chi connectivity index (χ1n) is 8.78. The second kappa shape index (κ2) is 8.62. The number of aryl methyl sites for hydroxylation is 1. The fourth-order valence-corrected chi connectivity index (χ4v) is 2.89. The van der Waals surface area contributed by atoms with E-state index in [9.17, 15) is 18.0 Å². The topological polar surface area (TPSA) is 83.9 Å². The van der Waals surface area contributed by atoms with Gasteiger partial charge < -0.3 is 16.0 Å². The fraction of sp³-hybridized carbons (Fsp3) is 0.211. The smallest absolute Gasteiger partial charge is 0.355 e. The number of benzene rings is 1. The Balaban J connectivity index is 1.88. The molecule has 1 aromatic carbocycles. The van der Waals surface area contributed by atoms with E-state index in [1.807, 2.05) is 0 Å². The second-order valence-electron chi connectivity index (χ2n) is 6.37. The number of carbonyl (C=O) groups is 1. The van der Waals surface area contributed by atoms with Crippen LogP contribution < -0.4 is 16.0 Å². The highest BCUT2D eigenvalue weighted by Gasteiger charge is 2.29. The maximum Gasteiger partial charge on any atom is 0.408 e. The Morgan fingerprint density at radius 1 is 1.17 bits per heavy atom. The largest absolute Gasteiger partial charge is 0.408 e. The number of amides is 1. The molecule has 0 saturated heterocycles. The van der Waals surface area contributed by atoms with Crippen LogP contribution in [0.1, 0.15) is 16.1 Å². The van der Waals surface area contributed by atoms with Crippen molar-refractivity contribution in [1.82, 2.24) is 20.1 Å². The lowest BCUT2D eigenvalue weighted by Gasteiger charge is -2.15. The van der Waals surface area contributed by atoms with Crippen molar-refractivity contribution in [1.29, 1.82) is 0 Å². The Kier molecular flexibility index (Phi) is 6.16. The number of rotatable bonds is 6. The minimum Gasteiger partial charge on any atom is -0.355 e. The van der Waals surface area contributed by atoms with Crippen molar-refractivity contribution >= 4 is 40.5 Å². The third-order valence-electron chi connectivity index (χ3n) is 4.01. The molecule has 0 atom stereocenters. The van der Waals surface area contributed by atoms with Gasteiger partial charge >= 0.3 is 6.18 Å². The molecule has 30 heavy (non-hydrogen) atoms. The number of hydrogen-bond donors (Lipinski definition) is 3. The number of aromatic nitrogens is 3. The molecule has 0 fully saturated rings. The molecule has 1 amide bonds. The molecule has 2 aromatic heterocycles. The Morgan fingerprint density at radius 3 is 2.60 bits per heavy atom. The number of alkyl halides is 3. The quantitative estimate of drug-likeness (QED) is 0.521. The Hall–Kier alpha value is -3.27. The maximum atomic E-state index is 12.8. The molecule has 3 rings (SSSR count). The van der Waals surface area contributed by atoms with E-state index in [-0.39, 0.29) is 22.6 Å². The molecule has 11 heteroatoms. The highest BCUT2D eigenvalue weighted by Crippen LogP contribution is 2.30. The molecule has 158 valence electrons. The summed E-state index contributed by atoms with van der Waals surface area (Å²) < 4.78 is 39.2. The summed E-state index contributed by atoms with van der Waals surface area (Å²) in [5.74, 6) is 0.104. The minimum absolute atomic E-state index is 0.136. The van der Waals surface area contributed by atoms with Crippen molar-refractivity contribution in [3.63, 3.8) is 0 Å². The normalized spacial score (nSPS) is 11.3. The number of anilines is 4. The van der Waals surface area contributed by atoms with E-state index in [0.717, 1.165) is 4.68 Å². The van der Waals surface area contributed by atoms with Crippen LogP contribution in [0.15, 0.2) is 42.6 Å². The van der Waals surface area contributed by atoms with Gasteiger partial charge in [0.25, 0.3) is 5.91 Å². The second-order valence-corrected chi connectivity index (χ2v) is 6.78. The monoisotopic (exact) mass is 438 g/mol. The van der Waals surface area contributed by atoms with Gasteiger partial charge in [0.05, 0.1) is 33.9 Å². The van der Waals surface area contributed by atoms with E-state index in [2.05, 4.69) is 26.0 Å². The van der Waals surface area contributed by atoms with Crippen LogP contribution in [-0.4, -0.2) is 33.9 Å². The molecule has 0 aliphatic heterocycles. The van der Waals surface area contributed by atoms with E-state index in [1.54, 1.807) is 31.2 Å². The summed E-state index contributed by atoms with van der Waals surface area (Å²) in [5.41, 5.74) is 1.76. The minimum atomic E-state index is -4.42. The van der Waals surface area contributed by atoms with Gasteiger partial charge in [-0.25, -0.2) is 9.67 Å². The number of hydrogen-bond acceptors (Lipinski definition) is 5. The molecule has 0 bridgehead atoms. The zero-order valence-corrected chi connectivity index (χ0v) is 16.8. The average Bonchev–Trinajstić information content (AvgIpc) is 3.01. The summed E-state index contributed by atoms with van der Waals surface area (Å²) in [6, 6.07) is 9.84. The van der Waals surface area contributed by atoms with Crippen molar-refractivity contribution < 1.29 is 18.0 Å². The Morgan fingerprint density at radius 2 is 1.90 bits per heavy atom. The first kappa shape index (κ1) is 21.4. The van der Waals surface area contributed by atoms with Crippen molar-refractivity contribution in [2.45, 2.75) is 19.6 Å². The van der Waals surface area contributed by atoms with Gasteiger partial charge in [0, 0.05) is 19.2 Å². The molecule has 0 radical (unpaired) electrons. The SMILES string of the molecule is CNC(=O)c1ccccc1Nc1cc(Nc2cc(C)nn2CC(F)(F)F)ncc1Cl. The lowest BCUT2D eigenvalue weighted by molar-refractivity contribution is -0.142. The lowest BCUT2D eigenvalue weighted by atomic mass is 10.1. The van der Waals surface area contributed by atoms with Gasteiger partial charge in [-0.2, -0.15) is 18.3 Å². The lowest BCUT2D eigenvalue weighted by Crippen LogP contribution is -2.20. The van der Waals surface area contributed by atoms with E-state index >= 15 is 0 Å². The van der Waals surface area contributed by atoms with Gasteiger partial charge in [0.1, 0.15) is 18.2 Å². The van der Waals surface area contributed by atoms with Crippen LogP contribution in [-0.2, 0) is 6.54 Å². The van der Waals surface area contributed by atoms with E-state index in [1.165, 1.54) is 25.4 Å². The van der Waals surface area contributed by atoms with Crippen LogP contribution in [0.5, 0.6) is 0 Å². The highest BCUT2D eigenvalue weighted by atomic mass is 35.5. The summed E-state index contributed by atoms with van der Waals surface area (Å²) in [6.07, 6.45) is -3.06. The number of nitrogens with one attached hydrogen (secondary N) is 3. The molecule has 0 saturated carbocycles. The maximum absolute atomic E-state index is 12.8. The predicted octanol–water partition coefficient (Wildman–Crippen LogP) is 4.65. The van der Waals surface area contributed by atoms with Gasteiger partial charge in [-0.15, -0.1) is 0 Å². The number of pyridine rings is 1. The van der Waals surface area contributed by atoms with Crippen LogP contribution in [0.25, 0.3) is 0 Å². The van der Waals surface area contributed by atoms with Crippen molar-refractivity contribution in [2.24, 2.45) is 0 Å². The standard InChI is InChI=1S/C19H18ClF3N6O/c1-11-7-17(29(28-11)10-19(21,22)23)27-16-8-15(13(20)9-25-16)26-14-6-4-3-5-12(14)18(30)24-2/h3-9H,10H2,1-2H3,(H,24,30)(H2,25,26,27). The molecule has 0 spiro atoms. The first-order valence-corrected chi connectivity index (χ1v) is 9.16. The van der Waals surface area contributed by atoms with Gasteiger partial charge in [-0.1, -0.05) is 23.7 Å². The van der Waals surface area contributed by atoms with Crippen LogP contribution in [0.3, 0.4) is 0 Å². The Bertz CT molecular complexity index is 1070. The zero-order valence-electron chi connectivity index (χ0n) is 16.0. The summed E-state index contributed by atoms with van der Waals surface area (Å²) in [4.78, 5) is 16.2. The molecule has 2 heterocycles. The molecule has 0 aliphatic carbocycles. The predicted molar refractivity (Wildman–Crippen MR) is 109 cm³/mol. The number of para-hydroxylation sites is 1.